The maximum Gasteiger partial charge on any atom is 0.230 e. The van der Waals surface area contributed by atoms with Gasteiger partial charge in [0.1, 0.15) is 6.26 Å². The summed E-state index contributed by atoms with van der Waals surface area (Å²) < 4.78 is 17.3. The quantitative estimate of drug-likeness (QED) is 0.672. The number of hydrogen-bond acceptors (Lipinski definition) is 3. The zero-order valence-electron chi connectivity index (χ0n) is 5.67. The van der Waals surface area contributed by atoms with E-state index in [2.05, 4.69) is 4.98 Å². The van der Waals surface area contributed by atoms with Gasteiger partial charge in [0.15, 0.2) is 6.17 Å². The van der Waals surface area contributed by atoms with Crippen molar-refractivity contribution in [3.63, 3.8) is 0 Å². The largest absolute Gasteiger partial charge is 0.446 e. The highest BCUT2D eigenvalue weighted by molar-refractivity contribution is 4.95. The predicted octanol–water partition coefficient (Wildman–Crippen LogP) is 0.952. The second kappa shape index (κ2) is 2.79. The van der Waals surface area contributed by atoms with E-state index in [0.717, 1.165) is 0 Å². The molecule has 1 heterocycles. The van der Waals surface area contributed by atoms with Crippen molar-refractivity contribution < 1.29 is 8.81 Å². The lowest BCUT2D eigenvalue weighted by Crippen LogP contribution is -2.07. The van der Waals surface area contributed by atoms with Crippen LogP contribution in [0.15, 0.2) is 10.7 Å². The zero-order chi connectivity index (χ0) is 7.56. The molecule has 10 heavy (non-hydrogen) atoms. The van der Waals surface area contributed by atoms with Crippen LogP contribution in [0.4, 0.5) is 4.39 Å². The van der Waals surface area contributed by atoms with E-state index < -0.39 is 6.17 Å². The minimum absolute atomic E-state index is 0.0694. The highest BCUT2D eigenvalue weighted by Crippen LogP contribution is 2.13. The van der Waals surface area contributed by atoms with Gasteiger partial charge in [-0.2, -0.15) is 0 Å². The Balaban J connectivity index is 2.74. The fraction of sp³-hybridized carbons (Fsp3) is 0.500. The SMILES string of the molecule is Cc1coc(C(F)CN)n1. The third-order valence-corrected chi connectivity index (χ3v) is 1.11. The Morgan fingerprint density at radius 1 is 1.90 bits per heavy atom. The number of aromatic nitrogens is 1. The van der Waals surface area contributed by atoms with E-state index in [-0.39, 0.29) is 12.4 Å². The molecule has 0 radical (unpaired) electrons. The monoisotopic (exact) mass is 144 g/mol. The van der Waals surface area contributed by atoms with Crippen LogP contribution in [0, 0.1) is 6.92 Å². The van der Waals surface area contributed by atoms with Gasteiger partial charge in [0.05, 0.1) is 5.69 Å². The van der Waals surface area contributed by atoms with Crippen LogP contribution in [0.5, 0.6) is 0 Å². The number of halogens is 1. The van der Waals surface area contributed by atoms with Gasteiger partial charge in [-0.05, 0) is 6.92 Å². The van der Waals surface area contributed by atoms with E-state index in [4.69, 9.17) is 10.2 Å². The van der Waals surface area contributed by atoms with E-state index in [1.165, 1.54) is 6.26 Å². The van der Waals surface area contributed by atoms with Gasteiger partial charge >= 0.3 is 0 Å². The van der Waals surface area contributed by atoms with Gasteiger partial charge in [-0.1, -0.05) is 0 Å². The molecule has 4 heteroatoms. The lowest BCUT2D eigenvalue weighted by Gasteiger charge is -1.95. The number of nitrogens with zero attached hydrogens (tertiary/aromatic N) is 1. The van der Waals surface area contributed by atoms with Gasteiger partial charge in [-0.25, -0.2) is 9.37 Å². The van der Waals surface area contributed by atoms with Crippen LogP contribution in [-0.4, -0.2) is 11.5 Å². The number of oxazole rings is 1. The minimum atomic E-state index is -1.27. The lowest BCUT2D eigenvalue weighted by atomic mass is 10.4. The van der Waals surface area contributed by atoms with Crippen molar-refractivity contribution in [2.45, 2.75) is 13.1 Å². The Morgan fingerprint density at radius 2 is 2.60 bits per heavy atom. The standard InChI is InChI=1S/C6H9FN2O/c1-4-3-10-6(9-4)5(7)2-8/h3,5H,2,8H2,1H3. The van der Waals surface area contributed by atoms with Gasteiger partial charge in [-0.15, -0.1) is 0 Å². The summed E-state index contributed by atoms with van der Waals surface area (Å²) in [6, 6.07) is 0. The predicted molar refractivity (Wildman–Crippen MR) is 34.1 cm³/mol. The van der Waals surface area contributed by atoms with E-state index in [1.54, 1.807) is 6.92 Å². The molecule has 0 amide bonds. The summed E-state index contributed by atoms with van der Waals surface area (Å²) in [6.07, 6.45) is 0.131. The Hall–Kier alpha value is -0.900. The van der Waals surface area contributed by atoms with Crippen molar-refractivity contribution in [2.75, 3.05) is 6.54 Å². The number of hydrogen-bond donors (Lipinski definition) is 1. The molecule has 0 bridgehead atoms. The van der Waals surface area contributed by atoms with E-state index in [0.29, 0.717) is 5.69 Å². The molecule has 3 nitrogen and oxygen atoms in total. The fourth-order valence-corrected chi connectivity index (χ4v) is 0.617. The Labute approximate surface area is 58.0 Å². The first kappa shape index (κ1) is 7.21. The van der Waals surface area contributed by atoms with Crippen molar-refractivity contribution >= 4 is 0 Å². The summed E-state index contributed by atoms with van der Waals surface area (Å²) in [5, 5.41) is 0. The van der Waals surface area contributed by atoms with Crippen LogP contribution in [0.1, 0.15) is 17.8 Å². The van der Waals surface area contributed by atoms with Crippen molar-refractivity contribution in [3.8, 4) is 0 Å². The van der Waals surface area contributed by atoms with Crippen LogP contribution in [0.2, 0.25) is 0 Å². The molecule has 0 aliphatic heterocycles. The van der Waals surface area contributed by atoms with Crippen molar-refractivity contribution in [1.29, 1.82) is 0 Å². The second-order valence-corrected chi connectivity index (χ2v) is 2.03. The van der Waals surface area contributed by atoms with Crippen molar-refractivity contribution in [1.82, 2.24) is 4.98 Å². The first-order valence-corrected chi connectivity index (χ1v) is 3.00. The molecular weight excluding hydrogens is 135 g/mol. The lowest BCUT2D eigenvalue weighted by molar-refractivity contribution is 0.283. The highest BCUT2D eigenvalue weighted by atomic mass is 19.1. The third kappa shape index (κ3) is 1.33. The number of aryl methyl sites for hydroxylation is 1. The molecule has 0 fully saturated rings. The van der Waals surface area contributed by atoms with Gasteiger partial charge in [-0.3, -0.25) is 0 Å². The van der Waals surface area contributed by atoms with Gasteiger partial charge < -0.3 is 10.2 Å². The van der Waals surface area contributed by atoms with Gasteiger partial charge in [0.2, 0.25) is 5.89 Å². The molecule has 0 saturated carbocycles. The number of alkyl halides is 1. The molecule has 0 spiro atoms. The molecule has 1 atom stereocenters. The molecule has 1 aromatic heterocycles. The summed E-state index contributed by atoms with van der Waals surface area (Å²) >= 11 is 0. The Bertz CT molecular complexity index is 211. The van der Waals surface area contributed by atoms with Gasteiger partial charge in [0, 0.05) is 6.54 Å². The molecule has 0 aromatic carbocycles. The normalized spacial score (nSPS) is 13.5. The molecule has 1 unspecified atom stereocenters. The van der Waals surface area contributed by atoms with Crippen LogP contribution in [-0.2, 0) is 0 Å². The topological polar surface area (TPSA) is 52.0 Å². The molecular formula is C6H9FN2O. The third-order valence-electron chi connectivity index (χ3n) is 1.11. The maximum absolute atomic E-state index is 12.6. The van der Waals surface area contributed by atoms with E-state index >= 15 is 0 Å². The number of rotatable bonds is 2. The maximum atomic E-state index is 12.6. The molecule has 56 valence electrons. The summed E-state index contributed by atoms with van der Waals surface area (Å²) in [5.74, 6) is 0.0694. The highest BCUT2D eigenvalue weighted by Gasteiger charge is 2.12. The molecule has 2 N–H and O–H groups in total. The average molecular weight is 144 g/mol. The molecule has 1 rings (SSSR count). The van der Waals surface area contributed by atoms with E-state index in [9.17, 15) is 4.39 Å². The minimum Gasteiger partial charge on any atom is -0.446 e. The van der Waals surface area contributed by atoms with E-state index in [1.807, 2.05) is 0 Å². The fourth-order valence-electron chi connectivity index (χ4n) is 0.617. The number of nitrogens with two attached hydrogens (primary N) is 1. The summed E-state index contributed by atoms with van der Waals surface area (Å²) in [5.41, 5.74) is 5.71. The molecule has 1 aromatic rings. The van der Waals surface area contributed by atoms with Crippen LogP contribution in [0.25, 0.3) is 0 Å². The van der Waals surface area contributed by atoms with Crippen LogP contribution >= 0.6 is 0 Å². The average Bonchev–Trinajstić information content (AvgIpc) is 2.34. The zero-order valence-corrected chi connectivity index (χ0v) is 5.67. The Morgan fingerprint density at radius 3 is 3.00 bits per heavy atom. The van der Waals surface area contributed by atoms with Crippen LogP contribution < -0.4 is 5.73 Å². The first-order chi connectivity index (χ1) is 4.74. The smallest absolute Gasteiger partial charge is 0.230 e. The first-order valence-electron chi connectivity index (χ1n) is 3.00. The van der Waals surface area contributed by atoms with Crippen LogP contribution in [0.3, 0.4) is 0 Å². The summed E-state index contributed by atoms with van der Waals surface area (Å²) in [6.45, 7) is 1.65. The Kier molecular flexibility index (Phi) is 2.01. The molecule has 0 aliphatic carbocycles. The molecule has 0 aliphatic rings. The van der Waals surface area contributed by atoms with Crippen molar-refractivity contribution in [2.24, 2.45) is 5.73 Å². The summed E-state index contributed by atoms with van der Waals surface area (Å²) in [7, 11) is 0. The second-order valence-electron chi connectivity index (χ2n) is 2.03. The van der Waals surface area contributed by atoms with Crippen molar-refractivity contribution in [3.05, 3.63) is 17.8 Å². The molecule has 0 saturated heterocycles. The van der Waals surface area contributed by atoms with Gasteiger partial charge in [0.25, 0.3) is 0 Å². The summed E-state index contributed by atoms with van der Waals surface area (Å²) in [4.78, 5) is 3.76.